The van der Waals surface area contributed by atoms with E-state index in [1.54, 1.807) is 0 Å². The van der Waals surface area contributed by atoms with Gasteiger partial charge in [-0.3, -0.25) is 0 Å². The van der Waals surface area contributed by atoms with Crippen LogP contribution < -0.4 is 0 Å². The Hall–Kier alpha value is -0.520. The first kappa shape index (κ1) is 6.60. The molecule has 9 heavy (non-hydrogen) atoms. The molecule has 0 saturated carbocycles. The lowest BCUT2D eigenvalue weighted by Gasteiger charge is -2.05. The van der Waals surface area contributed by atoms with E-state index in [9.17, 15) is 0 Å². The first-order valence-electron chi connectivity index (χ1n) is 3.32. The molecule has 1 fully saturated rings. The first-order valence-corrected chi connectivity index (χ1v) is 3.32. The second kappa shape index (κ2) is 2.86. The molecule has 2 atom stereocenters. The minimum atomic E-state index is 0.280. The third kappa shape index (κ3) is 1.44. The average Bonchev–Trinajstić information content (AvgIpc) is 2.18. The van der Waals surface area contributed by atoms with Gasteiger partial charge in [0.05, 0.1) is 6.10 Å². The molecule has 1 rings (SSSR count). The van der Waals surface area contributed by atoms with Crippen LogP contribution in [0, 0.1) is 5.92 Å². The van der Waals surface area contributed by atoms with Crippen molar-refractivity contribution in [2.75, 3.05) is 6.61 Å². The number of ether oxygens (including phenoxy) is 1. The normalized spacial score (nSPS) is 33.9. The van der Waals surface area contributed by atoms with E-state index in [0.717, 1.165) is 6.61 Å². The van der Waals surface area contributed by atoms with Crippen molar-refractivity contribution < 1.29 is 4.74 Å². The lowest BCUT2D eigenvalue weighted by atomic mass is 10.0. The summed E-state index contributed by atoms with van der Waals surface area (Å²) in [5.41, 5.74) is 2.74. The largest absolute Gasteiger partial charge is 0.373 e. The zero-order valence-electron chi connectivity index (χ0n) is 5.76. The highest BCUT2D eigenvalue weighted by Crippen LogP contribution is 2.20. The van der Waals surface area contributed by atoms with E-state index in [0.29, 0.717) is 5.92 Å². The van der Waals surface area contributed by atoms with E-state index >= 15 is 0 Å². The van der Waals surface area contributed by atoms with E-state index in [4.69, 9.17) is 4.74 Å². The van der Waals surface area contributed by atoms with Crippen molar-refractivity contribution >= 4 is 0 Å². The van der Waals surface area contributed by atoms with Crippen molar-refractivity contribution in [2.24, 2.45) is 5.92 Å². The maximum absolute atomic E-state index is 5.35. The minimum Gasteiger partial charge on any atom is -0.373 e. The summed E-state index contributed by atoms with van der Waals surface area (Å²) >= 11 is 0. The van der Waals surface area contributed by atoms with Crippen molar-refractivity contribution in [1.29, 1.82) is 0 Å². The van der Waals surface area contributed by atoms with Crippen molar-refractivity contribution in [3.8, 4) is 0 Å². The van der Waals surface area contributed by atoms with Crippen LogP contribution in [0.1, 0.15) is 13.3 Å². The molecule has 0 amide bonds. The van der Waals surface area contributed by atoms with Crippen LogP contribution in [0.15, 0.2) is 18.4 Å². The molecule has 0 N–H and O–H groups in total. The summed E-state index contributed by atoms with van der Waals surface area (Å²) in [5, 5.41) is 0. The summed E-state index contributed by atoms with van der Waals surface area (Å²) in [6.45, 7) is 6.58. The SMILES string of the molecule is C=C=C[C@@H]1OCC[C@H]1C. The molecule has 1 saturated heterocycles. The molecule has 1 nitrogen and oxygen atoms in total. The van der Waals surface area contributed by atoms with E-state index in [1.165, 1.54) is 6.42 Å². The van der Waals surface area contributed by atoms with Gasteiger partial charge in [-0.25, -0.2) is 0 Å². The van der Waals surface area contributed by atoms with E-state index in [1.807, 2.05) is 6.08 Å². The lowest BCUT2D eigenvalue weighted by molar-refractivity contribution is 0.131. The summed E-state index contributed by atoms with van der Waals surface area (Å²) in [5.74, 6) is 0.652. The fourth-order valence-corrected chi connectivity index (χ4v) is 1.05. The number of hydrogen-bond acceptors (Lipinski definition) is 1. The maximum atomic E-state index is 5.35. The average molecular weight is 124 g/mol. The van der Waals surface area contributed by atoms with Gasteiger partial charge in [0.25, 0.3) is 0 Å². The maximum Gasteiger partial charge on any atom is 0.0855 e. The molecule has 50 valence electrons. The Bertz CT molecular complexity index is 134. The minimum absolute atomic E-state index is 0.280. The van der Waals surface area contributed by atoms with Gasteiger partial charge in [0.2, 0.25) is 0 Å². The van der Waals surface area contributed by atoms with Crippen LogP contribution in [0.2, 0.25) is 0 Å². The van der Waals surface area contributed by atoms with E-state index < -0.39 is 0 Å². The quantitative estimate of drug-likeness (QED) is 0.484. The van der Waals surface area contributed by atoms with Crippen LogP contribution in [-0.4, -0.2) is 12.7 Å². The Labute approximate surface area is 56.0 Å². The predicted octanol–water partition coefficient (Wildman–Crippen LogP) is 1.75. The summed E-state index contributed by atoms with van der Waals surface area (Å²) < 4.78 is 5.35. The predicted molar refractivity (Wildman–Crippen MR) is 37.2 cm³/mol. The fraction of sp³-hybridized carbons (Fsp3) is 0.625. The summed E-state index contributed by atoms with van der Waals surface area (Å²) in [7, 11) is 0. The molecule has 1 heteroatoms. The Morgan fingerprint density at radius 1 is 1.78 bits per heavy atom. The standard InChI is InChI=1S/C8H12O/c1-3-4-8-7(2)5-6-9-8/h4,7-8H,1,5-6H2,2H3/t7-,8+/m1/s1. The molecule has 0 radical (unpaired) electrons. The van der Waals surface area contributed by atoms with Crippen molar-refractivity contribution in [3.63, 3.8) is 0 Å². The van der Waals surface area contributed by atoms with Crippen LogP contribution in [0.5, 0.6) is 0 Å². The van der Waals surface area contributed by atoms with Crippen LogP contribution in [0.3, 0.4) is 0 Å². The molecule has 1 aliphatic heterocycles. The zero-order chi connectivity index (χ0) is 6.69. The second-order valence-electron chi connectivity index (χ2n) is 2.47. The molecule has 1 heterocycles. The van der Waals surface area contributed by atoms with Crippen molar-refractivity contribution in [2.45, 2.75) is 19.4 Å². The van der Waals surface area contributed by atoms with Crippen molar-refractivity contribution in [3.05, 3.63) is 18.4 Å². The lowest BCUT2D eigenvalue weighted by Crippen LogP contribution is -2.08. The zero-order valence-corrected chi connectivity index (χ0v) is 5.76. The molecule has 0 aromatic heterocycles. The molecule has 1 aliphatic rings. The van der Waals surface area contributed by atoms with Crippen molar-refractivity contribution in [1.82, 2.24) is 0 Å². The molecule has 0 aromatic carbocycles. The topological polar surface area (TPSA) is 9.23 Å². The Balaban J connectivity index is 2.49. The van der Waals surface area contributed by atoms with Crippen LogP contribution in [0.4, 0.5) is 0 Å². The molecule has 0 aromatic rings. The summed E-state index contributed by atoms with van der Waals surface area (Å²) in [6, 6.07) is 0. The van der Waals surface area contributed by atoms with Crippen LogP contribution in [0.25, 0.3) is 0 Å². The second-order valence-corrected chi connectivity index (χ2v) is 2.47. The van der Waals surface area contributed by atoms with Crippen LogP contribution >= 0.6 is 0 Å². The number of rotatable bonds is 1. The monoisotopic (exact) mass is 124 g/mol. The van der Waals surface area contributed by atoms with Gasteiger partial charge in [0.1, 0.15) is 0 Å². The summed E-state index contributed by atoms with van der Waals surface area (Å²) in [6.07, 6.45) is 3.35. The Morgan fingerprint density at radius 2 is 2.56 bits per heavy atom. The molecular weight excluding hydrogens is 112 g/mol. The highest BCUT2D eigenvalue weighted by Gasteiger charge is 2.20. The Morgan fingerprint density at radius 3 is 3.00 bits per heavy atom. The van der Waals surface area contributed by atoms with E-state index in [-0.39, 0.29) is 6.10 Å². The van der Waals surface area contributed by atoms with Crippen LogP contribution in [-0.2, 0) is 4.74 Å². The Kier molecular flexibility index (Phi) is 2.10. The van der Waals surface area contributed by atoms with Gasteiger partial charge in [-0.05, 0) is 18.4 Å². The van der Waals surface area contributed by atoms with Gasteiger partial charge < -0.3 is 4.74 Å². The summed E-state index contributed by atoms with van der Waals surface area (Å²) in [4.78, 5) is 0. The van der Waals surface area contributed by atoms with Gasteiger partial charge in [-0.1, -0.05) is 13.5 Å². The third-order valence-corrected chi connectivity index (χ3v) is 1.73. The first-order chi connectivity index (χ1) is 4.34. The highest BCUT2D eigenvalue weighted by molar-refractivity contribution is 4.91. The molecule has 0 unspecified atom stereocenters. The molecule has 0 spiro atoms. The fourth-order valence-electron chi connectivity index (χ4n) is 1.05. The van der Waals surface area contributed by atoms with Gasteiger partial charge in [0.15, 0.2) is 0 Å². The molecule has 0 aliphatic carbocycles. The van der Waals surface area contributed by atoms with Gasteiger partial charge in [-0.15, -0.1) is 5.73 Å². The highest BCUT2D eigenvalue weighted by atomic mass is 16.5. The van der Waals surface area contributed by atoms with Gasteiger partial charge in [0, 0.05) is 6.61 Å². The third-order valence-electron chi connectivity index (χ3n) is 1.73. The molecule has 0 bridgehead atoms. The molecular formula is C8H12O. The smallest absolute Gasteiger partial charge is 0.0855 e. The van der Waals surface area contributed by atoms with E-state index in [2.05, 4.69) is 19.2 Å². The van der Waals surface area contributed by atoms with Gasteiger partial charge >= 0.3 is 0 Å². The van der Waals surface area contributed by atoms with Gasteiger partial charge in [-0.2, -0.15) is 0 Å². The number of hydrogen-bond donors (Lipinski definition) is 0.